The zero-order chi connectivity index (χ0) is 27.0. The van der Waals surface area contributed by atoms with Crippen molar-refractivity contribution in [2.75, 3.05) is 36.1 Å². The lowest BCUT2D eigenvalue weighted by molar-refractivity contribution is 0.313. The molecule has 0 saturated heterocycles. The molecule has 38 heavy (non-hydrogen) atoms. The van der Waals surface area contributed by atoms with Gasteiger partial charge in [-0.05, 0) is 64.5 Å². The van der Waals surface area contributed by atoms with Gasteiger partial charge in [-0.25, -0.2) is 19.3 Å². The Morgan fingerprint density at radius 3 is 2.74 bits per heavy atom. The summed E-state index contributed by atoms with van der Waals surface area (Å²) in [6.45, 7) is 9.91. The number of anilines is 3. The van der Waals surface area contributed by atoms with E-state index < -0.39 is 10.1 Å². The second kappa shape index (κ2) is 9.99. The minimum atomic E-state index is -2.58. The maximum Gasteiger partial charge on any atom is 0.278 e. The van der Waals surface area contributed by atoms with E-state index in [-0.39, 0.29) is 12.1 Å². The maximum absolute atomic E-state index is 13.3. The van der Waals surface area contributed by atoms with Gasteiger partial charge in [-0.2, -0.15) is 4.98 Å². The van der Waals surface area contributed by atoms with Crippen LogP contribution in [0.5, 0.6) is 0 Å². The molecule has 0 amide bonds. The molecular weight excluding hydrogens is 500 g/mol. The summed E-state index contributed by atoms with van der Waals surface area (Å²) >= 11 is 0. The van der Waals surface area contributed by atoms with Crippen molar-refractivity contribution in [2.24, 2.45) is 0 Å². The number of hydrogen-bond acceptors (Lipinski definition) is 7. The van der Waals surface area contributed by atoms with Crippen molar-refractivity contribution < 1.29 is 4.21 Å². The SMILES string of the molecule is C=CCn1c(=O)c2cnc(Nc3cc(C=C)c4c(c3)CN(C)CC4)nc2n1-c1cccc(N[SH](C)(C)=O)n1. The summed E-state index contributed by atoms with van der Waals surface area (Å²) in [6.07, 6.45) is 9.27. The largest absolute Gasteiger partial charge is 0.324 e. The Balaban J connectivity index is 1.61. The molecule has 1 aliphatic heterocycles. The molecule has 0 atom stereocenters. The van der Waals surface area contributed by atoms with E-state index in [0.717, 1.165) is 30.8 Å². The summed E-state index contributed by atoms with van der Waals surface area (Å²) in [4.78, 5) is 29.3. The molecule has 4 heterocycles. The number of thiol groups is 1. The summed E-state index contributed by atoms with van der Waals surface area (Å²) in [7, 11) is -0.475. The van der Waals surface area contributed by atoms with Gasteiger partial charge in [0.15, 0.2) is 11.5 Å². The van der Waals surface area contributed by atoms with Crippen LogP contribution in [-0.2, 0) is 29.6 Å². The Labute approximate surface area is 222 Å². The molecule has 10 nitrogen and oxygen atoms in total. The van der Waals surface area contributed by atoms with E-state index in [0.29, 0.717) is 28.6 Å². The Hall–Kier alpha value is -4.09. The molecule has 0 radical (unpaired) electrons. The van der Waals surface area contributed by atoms with E-state index in [4.69, 9.17) is 4.98 Å². The van der Waals surface area contributed by atoms with E-state index >= 15 is 0 Å². The molecule has 4 aromatic rings. The number of likely N-dealkylation sites (N-methyl/N-ethyl adjacent to an activating group) is 1. The molecule has 3 aromatic heterocycles. The molecule has 0 bridgehead atoms. The number of nitrogens with one attached hydrogen (secondary N) is 2. The van der Waals surface area contributed by atoms with Crippen LogP contribution < -0.4 is 15.6 Å². The van der Waals surface area contributed by atoms with Crippen molar-refractivity contribution in [1.29, 1.82) is 0 Å². The topological polar surface area (TPSA) is 110 Å². The first-order valence-corrected chi connectivity index (χ1v) is 14.9. The van der Waals surface area contributed by atoms with Gasteiger partial charge in [-0.3, -0.25) is 9.00 Å². The summed E-state index contributed by atoms with van der Waals surface area (Å²) in [6, 6.07) is 9.45. The average molecular weight is 533 g/mol. The highest BCUT2D eigenvalue weighted by molar-refractivity contribution is 8.02. The lowest BCUT2D eigenvalue weighted by atomic mass is 9.94. The van der Waals surface area contributed by atoms with Gasteiger partial charge < -0.3 is 14.9 Å². The zero-order valence-corrected chi connectivity index (χ0v) is 22.7. The number of rotatable bonds is 8. The molecule has 0 aliphatic carbocycles. The third-order valence-corrected chi connectivity index (χ3v) is 7.12. The molecule has 0 unspecified atom stereocenters. The Bertz CT molecular complexity index is 1670. The number of pyridine rings is 1. The van der Waals surface area contributed by atoms with Crippen molar-refractivity contribution in [3.8, 4) is 5.82 Å². The lowest BCUT2D eigenvalue weighted by Gasteiger charge is -2.27. The first-order chi connectivity index (χ1) is 18.2. The molecule has 11 heteroatoms. The number of benzene rings is 1. The highest BCUT2D eigenvalue weighted by atomic mass is 32.3. The number of nitrogens with zero attached hydrogens (tertiary/aromatic N) is 6. The highest BCUT2D eigenvalue weighted by Gasteiger charge is 2.20. The van der Waals surface area contributed by atoms with E-state index in [9.17, 15) is 9.00 Å². The van der Waals surface area contributed by atoms with Crippen LogP contribution in [0.15, 0.2) is 60.6 Å². The van der Waals surface area contributed by atoms with Crippen LogP contribution in [0.2, 0.25) is 0 Å². The van der Waals surface area contributed by atoms with E-state index in [1.54, 1.807) is 41.5 Å². The first-order valence-electron chi connectivity index (χ1n) is 12.3. The van der Waals surface area contributed by atoms with E-state index in [1.807, 2.05) is 12.1 Å². The van der Waals surface area contributed by atoms with Crippen molar-refractivity contribution >= 4 is 44.7 Å². The fourth-order valence-corrected chi connectivity index (χ4v) is 5.42. The fourth-order valence-electron chi connectivity index (χ4n) is 4.75. The Morgan fingerprint density at radius 1 is 1.18 bits per heavy atom. The van der Waals surface area contributed by atoms with E-state index in [1.165, 1.54) is 22.0 Å². The molecule has 5 rings (SSSR count). The minimum Gasteiger partial charge on any atom is -0.324 e. The Morgan fingerprint density at radius 2 is 2.00 bits per heavy atom. The molecule has 2 N–H and O–H groups in total. The van der Waals surface area contributed by atoms with Crippen molar-refractivity contribution in [3.63, 3.8) is 0 Å². The lowest BCUT2D eigenvalue weighted by Crippen LogP contribution is -2.27. The van der Waals surface area contributed by atoms with Gasteiger partial charge in [0.25, 0.3) is 5.56 Å². The Kier molecular flexibility index (Phi) is 6.72. The van der Waals surface area contributed by atoms with Gasteiger partial charge in [0.1, 0.15) is 11.2 Å². The van der Waals surface area contributed by atoms with Crippen molar-refractivity contribution in [1.82, 2.24) is 29.2 Å². The average Bonchev–Trinajstić information content (AvgIpc) is 3.13. The van der Waals surface area contributed by atoms with Gasteiger partial charge in [0, 0.05) is 37.5 Å². The van der Waals surface area contributed by atoms with Crippen LogP contribution >= 0.6 is 0 Å². The van der Waals surface area contributed by atoms with Crippen LogP contribution in [0.25, 0.3) is 22.9 Å². The highest BCUT2D eigenvalue weighted by Crippen LogP contribution is 2.28. The third kappa shape index (κ3) is 5.02. The number of allylic oxidation sites excluding steroid dienone is 1. The van der Waals surface area contributed by atoms with E-state index in [2.05, 4.69) is 51.2 Å². The third-order valence-electron chi connectivity index (χ3n) is 6.35. The van der Waals surface area contributed by atoms with Crippen LogP contribution in [0.1, 0.15) is 16.7 Å². The van der Waals surface area contributed by atoms with Crippen molar-refractivity contribution in [3.05, 3.63) is 82.8 Å². The predicted molar refractivity (Wildman–Crippen MR) is 156 cm³/mol. The summed E-state index contributed by atoms with van der Waals surface area (Å²) in [5.41, 5.74) is 4.64. The second-order valence-corrected chi connectivity index (χ2v) is 12.7. The summed E-state index contributed by atoms with van der Waals surface area (Å²) in [5.74, 6) is 1.24. The van der Waals surface area contributed by atoms with Gasteiger partial charge in [-0.15, -0.1) is 6.58 Å². The van der Waals surface area contributed by atoms with Gasteiger partial charge in [0.05, 0.1) is 6.54 Å². The minimum absolute atomic E-state index is 0.248. The molecule has 0 fully saturated rings. The normalized spacial score (nSPS) is 14.2. The predicted octanol–water partition coefficient (Wildman–Crippen LogP) is 3.14. The van der Waals surface area contributed by atoms with Gasteiger partial charge in [0.2, 0.25) is 5.95 Å². The number of hydrogen-bond donors (Lipinski definition) is 3. The molecule has 198 valence electrons. The first kappa shape index (κ1) is 25.6. The van der Waals surface area contributed by atoms with Crippen LogP contribution in [0.4, 0.5) is 17.5 Å². The molecule has 1 aromatic carbocycles. The van der Waals surface area contributed by atoms with Crippen LogP contribution in [0, 0.1) is 0 Å². The molecule has 1 aliphatic rings. The zero-order valence-electron chi connectivity index (χ0n) is 21.8. The van der Waals surface area contributed by atoms with Crippen molar-refractivity contribution in [2.45, 2.75) is 19.5 Å². The standard InChI is InChI=1S/C27H32N8O2S/c1-6-12-34-26(36)22-16-28-27(29-20-14-18(7-2)21-11-13-33(3)17-19(21)15-20)31-25(22)35(34)24-10-8-9-23(30-24)32-38(4,5)37/h6-10,14-16,38H,1-2,11-13,17H2,3-5H3,(H,28,29,31)(H,30,32,37). The monoisotopic (exact) mass is 532 g/mol. The molecular formula is C27H32N8O2S. The maximum atomic E-state index is 13.3. The quantitative estimate of drug-likeness (QED) is 0.236. The van der Waals surface area contributed by atoms with Gasteiger partial charge in [-0.1, -0.05) is 24.8 Å². The smallest absolute Gasteiger partial charge is 0.278 e. The van der Waals surface area contributed by atoms with Gasteiger partial charge >= 0.3 is 0 Å². The second-order valence-electron chi connectivity index (χ2n) is 9.78. The molecule has 0 spiro atoms. The molecule has 0 saturated carbocycles. The summed E-state index contributed by atoms with van der Waals surface area (Å²) in [5, 5.41) is 3.67. The number of fused-ring (bicyclic) bond motifs is 2. The van der Waals surface area contributed by atoms with Crippen LogP contribution in [0.3, 0.4) is 0 Å². The number of aromatic nitrogens is 5. The fraction of sp³-hybridized carbons (Fsp3) is 0.259. The van der Waals surface area contributed by atoms with Crippen LogP contribution in [-0.4, -0.2) is 59.5 Å². The summed E-state index contributed by atoms with van der Waals surface area (Å²) < 4.78 is 18.4.